The number of hydrogen-bond acceptors (Lipinski definition) is 4. The third-order valence-electron chi connectivity index (χ3n) is 4.24. The lowest BCUT2D eigenvalue weighted by Crippen LogP contribution is -2.40. The maximum atomic E-state index is 12.2. The molecule has 1 aliphatic rings. The van der Waals surface area contributed by atoms with Crippen molar-refractivity contribution in [2.24, 2.45) is 0 Å². The number of benzene rings is 1. The number of carbonyl (C=O) groups excluding carboxylic acids is 1. The van der Waals surface area contributed by atoms with Gasteiger partial charge in [-0.3, -0.25) is 5.32 Å². The summed E-state index contributed by atoms with van der Waals surface area (Å²) in [4.78, 5) is 18.6. The molecule has 9 heteroatoms. The fourth-order valence-corrected chi connectivity index (χ4v) is 3.57. The van der Waals surface area contributed by atoms with Gasteiger partial charge in [0, 0.05) is 30.4 Å². The average molecular weight is 391 g/mol. The Morgan fingerprint density at radius 2 is 2.12 bits per heavy atom. The summed E-state index contributed by atoms with van der Waals surface area (Å²) < 4.78 is 1.61. The molecule has 2 amide bonds. The molecule has 1 aliphatic heterocycles. The Morgan fingerprint density at radius 1 is 1.23 bits per heavy atom. The molecular weight excluding hydrogens is 375 g/mol. The minimum absolute atomic E-state index is 0.0128. The smallest absolute Gasteiger partial charge is 0.321 e. The third-order valence-corrected chi connectivity index (χ3v) is 4.78. The van der Waals surface area contributed by atoms with E-state index in [1.54, 1.807) is 16.8 Å². The first-order valence-corrected chi connectivity index (χ1v) is 8.93. The molecule has 0 saturated carbocycles. The topological polar surface area (TPSA) is 74.6 Å². The first kappa shape index (κ1) is 16.9. The predicted octanol–water partition coefficient (Wildman–Crippen LogP) is 3.44. The number of rotatable bonds is 3. The number of carbonyl (C=O) groups is 1. The molecule has 0 aliphatic carbocycles. The van der Waals surface area contributed by atoms with Gasteiger partial charge < -0.3 is 10.2 Å². The van der Waals surface area contributed by atoms with Crippen molar-refractivity contribution < 1.29 is 4.79 Å². The fraction of sp³-hybridized carbons (Fsp3) is 0.235. The molecule has 3 aromatic rings. The Bertz CT molecular complexity index is 926. The van der Waals surface area contributed by atoms with Crippen LogP contribution in [0.4, 0.5) is 16.4 Å². The van der Waals surface area contributed by atoms with Gasteiger partial charge in [-0.25, -0.2) is 9.31 Å². The molecule has 2 N–H and O–H groups in total. The number of urea groups is 1. The molecule has 2 aromatic heterocycles. The zero-order valence-electron chi connectivity index (χ0n) is 13.7. The third kappa shape index (κ3) is 3.54. The Hall–Kier alpha value is -2.51. The molecule has 0 bridgehead atoms. The highest BCUT2D eigenvalue weighted by molar-refractivity contribution is 6.36. The molecule has 4 rings (SSSR count). The van der Waals surface area contributed by atoms with Gasteiger partial charge in [-0.15, -0.1) is 5.10 Å². The van der Waals surface area contributed by atoms with E-state index in [2.05, 4.69) is 25.6 Å². The molecule has 1 atom stereocenters. The Labute approximate surface area is 159 Å². The second-order valence-corrected chi connectivity index (χ2v) is 6.91. The van der Waals surface area contributed by atoms with Gasteiger partial charge in [0.25, 0.3) is 5.95 Å². The summed E-state index contributed by atoms with van der Waals surface area (Å²) in [6.07, 6.45) is 2.60. The van der Waals surface area contributed by atoms with Crippen LogP contribution in [-0.4, -0.2) is 39.8 Å². The number of aromatic nitrogens is 3. The summed E-state index contributed by atoms with van der Waals surface area (Å²) in [5.74, 6) is 0.268. The first-order chi connectivity index (χ1) is 12.6. The van der Waals surface area contributed by atoms with Crippen molar-refractivity contribution in [3.63, 3.8) is 0 Å². The molecule has 1 saturated heterocycles. The summed E-state index contributed by atoms with van der Waals surface area (Å²) in [7, 11) is 0. The molecule has 0 spiro atoms. The maximum absolute atomic E-state index is 12.2. The SMILES string of the molecule is O=C(Nc1nc2ccccn2n1)NC1CCN(c2ccc(Cl)cc2Cl)C1. The second kappa shape index (κ2) is 7.01. The highest BCUT2D eigenvalue weighted by Crippen LogP contribution is 2.31. The van der Waals surface area contributed by atoms with Crippen molar-refractivity contribution in [3.05, 3.63) is 52.6 Å². The molecule has 0 radical (unpaired) electrons. The van der Waals surface area contributed by atoms with E-state index in [1.807, 2.05) is 30.3 Å². The summed E-state index contributed by atoms with van der Waals surface area (Å²) in [5.41, 5.74) is 1.59. The average Bonchev–Trinajstić information content (AvgIpc) is 3.20. The lowest BCUT2D eigenvalue weighted by molar-refractivity contribution is 0.249. The van der Waals surface area contributed by atoms with Crippen LogP contribution in [0.25, 0.3) is 5.65 Å². The molecule has 3 heterocycles. The summed E-state index contributed by atoms with van der Waals surface area (Å²) in [6.45, 7) is 1.48. The van der Waals surface area contributed by atoms with E-state index in [9.17, 15) is 4.79 Å². The molecule has 26 heavy (non-hydrogen) atoms. The van der Waals surface area contributed by atoms with E-state index < -0.39 is 0 Å². The summed E-state index contributed by atoms with van der Waals surface area (Å²) in [5, 5.41) is 11.0. The Balaban J connectivity index is 1.36. The van der Waals surface area contributed by atoms with E-state index in [-0.39, 0.29) is 18.0 Å². The van der Waals surface area contributed by atoms with E-state index in [0.717, 1.165) is 18.7 Å². The zero-order chi connectivity index (χ0) is 18.1. The minimum atomic E-state index is -0.324. The van der Waals surface area contributed by atoms with E-state index >= 15 is 0 Å². The molecule has 1 aromatic carbocycles. The van der Waals surface area contributed by atoms with Crippen LogP contribution >= 0.6 is 23.2 Å². The summed E-state index contributed by atoms with van der Waals surface area (Å²) >= 11 is 12.2. The Morgan fingerprint density at radius 3 is 2.92 bits per heavy atom. The van der Waals surface area contributed by atoms with Crippen molar-refractivity contribution in [1.82, 2.24) is 19.9 Å². The van der Waals surface area contributed by atoms with Crippen LogP contribution in [0.1, 0.15) is 6.42 Å². The largest absolute Gasteiger partial charge is 0.368 e. The second-order valence-electron chi connectivity index (χ2n) is 6.06. The fourth-order valence-electron chi connectivity index (χ4n) is 3.04. The van der Waals surface area contributed by atoms with Gasteiger partial charge in [-0.1, -0.05) is 29.3 Å². The number of pyridine rings is 1. The number of fused-ring (bicyclic) bond motifs is 1. The molecule has 1 fully saturated rings. The van der Waals surface area contributed by atoms with E-state index in [0.29, 0.717) is 22.2 Å². The van der Waals surface area contributed by atoms with Crippen molar-refractivity contribution >= 4 is 46.5 Å². The van der Waals surface area contributed by atoms with Gasteiger partial charge in [0.15, 0.2) is 5.65 Å². The zero-order valence-corrected chi connectivity index (χ0v) is 15.2. The number of anilines is 2. The van der Waals surface area contributed by atoms with Crippen molar-refractivity contribution in [2.75, 3.05) is 23.3 Å². The molecule has 1 unspecified atom stereocenters. The number of amides is 2. The van der Waals surface area contributed by atoms with E-state index in [1.165, 1.54) is 0 Å². The predicted molar refractivity (Wildman–Crippen MR) is 102 cm³/mol. The number of nitrogens with zero attached hydrogens (tertiary/aromatic N) is 4. The van der Waals surface area contributed by atoms with Crippen molar-refractivity contribution in [3.8, 4) is 0 Å². The highest BCUT2D eigenvalue weighted by atomic mass is 35.5. The lowest BCUT2D eigenvalue weighted by Gasteiger charge is -2.20. The van der Waals surface area contributed by atoms with Crippen LogP contribution < -0.4 is 15.5 Å². The lowest BCUT2D eigenvalue weighted by atomic mass is 10.3. The first-order valence-electron chi connectivity index (χ1n) is 8.17. The van der Waals surface area contributed by atoms with Gasteiger partial charge >= 0.3 is 6.03 Å². The molecule has 134 valence electrons. The van der Waals surface area contributed by atoms with Crippen molar-refractivity contribution in [1.29, 1.82) is 0 Å². The van der Waals surface area contributed by atoms with Crippen LogP contribution in [0.15, 0.2) is 42.6 Å². The number of nitrogens with one attached hydrogen (secondary N) is 2. The highest BCUT2D eigenvalue weighted by Gasteiger charge is 2.25. The number of halogens is 2. The van der Waals surface area contributed by atoms with Gasteiger partial charge in [0.05, 0.1) is 10.7 Å². The van der Waals surface area contributed by atoms with Gasteiger partial charge in [-0.2, -0.15) is 4.98 Å². The maximum Gasteiger partial charge on any atom is 0.321 e. The van der Waals surface area contributed by atoms with Gasteiger partial charge in [-0.05, 0) is 36.8 Å². The van der Waals surface area contributed by atoms with Crippen LogP contribution in [0.5, 0.6) is 0 Å². The minimum Gasteiger partial charge on any atom is -0.368 e. The van der Waals surface area contributed by atoms with Crippen molar-refractivity contribution in [2.45, 2.75) is 12.5 Å². The molecule has 7 nitrogen and oxygen atoms in total. The summed E-state index contributed by atoms with van der Waals surface area (Å²) in [6, 6.07) is 10.7. The normalized spacial score (nSPS) is 16.8. The molecular formula is C17H16Cl2N6O. The van der Waals surface area contributed by atoms with Gasteiger partial charge in [0.1, 0.15) is 0 Å². The van der Waals surface area contributed by atoms with E-state index in [4.69, 9.17) is 23.2 Å². The van der Waals surface area contributed by atoms with Crippen LogP contribution in [0.3, 0.4) is 0 Å². The van der Waals surface area contributed by atoms with Crippen LogP contribution in [0.2, 0.25) is 10.0 Å². The standard InChI is InChI=1S/C17H16Cl2N6O/c18-11-4-5-14(13(19)9-11)24-8-6-12(10-24)20-17(26)22-16-21-15-3-1-2-7-25(15)23-16/h1-5,7,9,12H,6,8,10H2,(H2,20,22,23,26). The van der Waals surface area contributed by atoms with Crippen LogP contribution in [-0.2, 0) is 0 Å². The van der Waals surface area contributed by atoms with Crippen LogP contribution in [0, 0.1) is 0 Å². The monoisotopic (exact) mass is 390 g/mol. The quantitative estimate of drug-likeness (QED) is 0.718. The van der Waals surface area contributed by atoms with Gasteiger partial charge in [0.2, 0.25) is 0 Å². The number of hydrogen-bond donors (Lipinski definition) is 2. The Kier molecular flexibility index (Phi) is 4.57.